The number of aromatic nitrogens is 1. The number of hydrogen-bond acceptors (Lipinski definition) is 15. The average molecular weight is 943 g/mol. The van der Waals surface area contributed by atoms with Crippen LogP contribution < -0.4 is 30.9 Å². The molecule has 1 saturated heterocycles. The Bertz CT molecular complexity index is 2860. The molecule has 7 atom stereocenters. The molecule has 366 valence electrons. The highest BCUT2D eigenvalue weighted by Gasteiger charge is 2.44. The van der Waals surface area contributed by atoms with E-state index < -0.39 is 64.3 Å². The summed E-state index contributed by atoms with van der Waals surface area (Å²) in [7, 11) is 5.23. The summed E-state index contributed by atoms with van der Waals surface area (Å²) in [4.78, 5) is 60.1. The number of morpholine rings is 1. The third-order valence-electron chi connectivity index (χ3n) is 13.6. The molecule has 68 heavy (non-hydrogen) atoms. The minimum absolute atomic E-state index is 0.0301. The number of amides is 1. The third kappa shape index (κ3) is 9.93. The van der Waals surface area contributed by atoms with Crippen LogP contribution in [0.15, 0.2) is 62.3 Å². The molecular weight excluding hydrogens is 879 g/mol. The van der Waals surface area contributed by atoms with E-state index in [2.05, 4.69) is 26.2 Å². The lowest BCUT2D eigenvalue weighted by molar-refractivity contribution is -0.916. The molecular formula is C51H64N3O14+. The highest BCUT2D eigenvalue weighted by molar-refractivity contribution is 6.16. The number of anilines is 1. The lowest BCUT2D eigenvalue weighted by atomic mass is 9.84. The summed E-state index contributed by atoms with van der Waals surface area (Å²) in [5.41, 5.74) is -1.98. The predicted octanol–water partition coefficient (Wildman–Crippen LogP) is 6.24. The van der Waals surface area contributed by atoms with Crippen LogP contribution >= 0.6 is 0 Å². The van der Waals surface area contributed by atoms with Crippen molar-refractivity contribution in [3.05, 3.63) is 79.5 Å². The quantitative estimate of drug-likeness (QED) is 0.0772. The first kappa shape index (κ1) is 49.9. The molecule has 1 amide bonds. The highest BCUT2D eigenvalue weighted by Crippen LogP contribution is 2.42. The van der Waals surface area contributed by atoms with Crippen LogP contribution in [0, 0.1) is 24.7 Å². The van der Waals surface area contributed by atoms with Gasteiger partial charge in [0, 0.05) is 62.6 Å². The summed E-state index contributed by atoms with van der Waals surface area (Å²) in [5, 5.41) is 26.4. The third-order valence-corrected chi connectivity index (χ3v) is 13.6. The Morgan fingerprint density at radius 2 is 1.75 bits per heavy atom. The molecule has 17 heteroatoms. The molecule has 4 heterocycles. The van der Waals surface area contributed by atoms with Crippen molar-refractivity contribution in [2.24, 2.45) is 17.8 Å². The molecule has 4 bridgehead atoms. The number of aliphatic hydroxyl groups is 1. The molecule has 3 aliphatic rings. The van der Waals surface area contributed by atoms with Crippen molar-refractivity contribution in [1.29, 1.82) is 0 Å². The van der Waals surface area contributed by atoms with Gasteiger partial charge in [-0.3, -0.25) is 19.2 Å². The molecule has 17 nitrogen and oxygen atoms in total. The molecule has 3 aromatic carbocycles. The van der Waals surface area contributed by atoms with Crippen molar-refractivity contribution in [3.63, 3.8) is 0 Å². The zero-order chi connectivity index (χ0) is 49.2. The van der Waals surface area contributed by atoms with E-state index in [9.17, 15) is 29.4 Å². The van der Waals surface area contributed by atoms with Crippen LogP contribution in [-0.4, -0.2) is 116 Å². The van der Waals surface area contributed by atoms with Crippen LogP contribution in [0.2, 0.25) is 0 Å². The maximum Gasteiger partial charge on any atom is 0.307 e. The fourth-order valence-corrected chi connectivity index (χ4v) is 9.60. The van der Waals surface area contributed by atoms with Crippen molar-refractivity contribution >= 4 is 56.3 Å². The number of aromatic hydroxyl groups is 1. The lowest BCUT2D eigenvalue weighted by Gasteiger charge is -2.37. The molecule has 3 aliphatic heterocycles. The summed E-state index contributed by atoms with van der Waals surface area (Å²) in [5.74, 6) is -4.13. The first-order chi connectivity index (χ1) is 32.3. The van der Waals surface area contributed by atoms with E-state index in [-0.39, 0.29) is 78.3 Å². The van der Waals surface area contributed by atoms with Gasteiger partial charge in [0.15, 0.2) is 22.4 Å². The Morgan fingerprint density at radius 1 is 1.01 bits per heavy atom. The molecule has 3 unspecified atom stereocenters. The van der Waals surface area contributed by atoms with Gasteiger partial charge in [0.2, 0.25) is 10.9 Å². The van der Waals surface area contributed by atoms with Gasteiger partial charge >= 0.3 is 11.8 Å². The fourth-order valence-electron chi connectivity index (χ4n) is 9.60. The van der Waals surface area contributed by atoms with E-state index in [4.69, 9.17) is 42.6 Å². The zero-order valence-electron chi connectivity index (χ0n) is 40.6. The van der Waals surface area contributed by atoms with Crippen molar-refractivity contribution in [1.82, 2.24) is 4.98 Å². The maximum absolute atomic E-state index is 14.9. The number of fused-ring (bicyclic) bond motifs is 2. The van der Waals surface area contributed by atoms with Gasteiger partial charge < -0.3 is 57.6 Å². The fraction of sp³-hybridized carbons (Fsp3) is 0.510. The number of quaternary nitrogens is 1. The lowest BCUT2D eigenvalue weighted by Crippen LogP contribution is -2.53. The second-order valence-electron chi connectivity index (χ2n) is 18.7. The standard InChI is InChI=1S/C51H63N3O14/c1-11-33-35(61-9)15-19-65-51(7)49(59)40-38-39(44(57)30(5)46(40)68-51)45(58)43(53-50(60)29(4)14-12-13-27(2)23-28(3)24-37(62-10)47(33)66-31(6)55)48-42(38)52-41-34(56)25-32(26-36(41)67-48)64-22-18-54(8)16-20-63-21-17-54/h12-15,19,25-28,33,35,37,47H,11,16-18,20-24H2,1-10H3,(H2-,52,53,56,57,58,59,60)/p+1/b13-12+,19-15+,29-14-/t27?,28-,33-,35+,37?,47?,51+/m1/s1. The van der Waals surface area contributed by atoms with Crippen molar-refractivity contribution in [3.8, 4) is 17.2 Å². The van der Waals surface area contributed by atoms with Gasteiger partial charge in [0.25, 0.3) is 5.91 Å². The number of methoxy groups -OCH3 is 2. The van der Waals surface area contributed by atoms with E-state index in [0.717, 1.165) is 24.0 Å². The molecule has 0 radical (unpaired) electrons. The van der Waals surface area contributed by atoms with E-state index in [1.54, 1.807) is 32.3 Å². The number of rotatable bonds is 8. The molecule has 4 aromatic rings. The van der Waals surface area contributed by atoms with Crippen LogP contribution in [0.25, 0.3) is 38.7 Å². The Balaban J connectivity index is 1.43. The Morgan fingerprint density at radius 3 is 2.43 bits per heavy atom. The van der Waals surface area contributed by atoms with Crippen LogP contribution in [0.4, 0.5) is 5.69 Å². The summed E-state index contributed by atoms with van der Waals surface area (Å²) >= 11 is 0. The number of nitrogens with zero attached hydrogens (tertiary/aromatic N) is 2. The number of phenolic OH excluding ortho intramolecular Hbond substituents is 1. The smallest absolute Gasteiger partial charge is 0.307 e. The largest absolute Gasteiger partial charge is 0.507 e. The minimum Gasteiger partial charge on any atom is -0.507 e. The first-order valence-corrected chi connectivity index (χ1v) is 23.2. The number of nitrogens with one attached hydrogen (secondary N) is 1. The van der Waals surface area contributed by atoms with E-state index in [0.29, 0.717) is 39.2 Å². The summed E-state index contributed by atoms with van der Waals surface area (Å²) in [6, 6.07) is 2.80. The van der Waals surface area contributed by atoms with Gasteiger partial charge in [0.05, 0.1) is 49.3 Å². The number of carbonyl (C=O) groups excluding carboxylic acids is 2. The van der Waals surface area contributed by atoms with E-state index >= 15 is 0 Å². The number of phenols is 1. The van der Waals surface area contributed by atoms with Crippen LogP contribution in [-0.2, 0) is 33.3 Å². The van der Waals surface area contributed by atoms with Crippen LogP contribution in [0.5, 0.6) is 17.2 Å². The number of likely N-dealkylation sites (N-methyl/N-ethyl adjacent to an activating group) is 1. The second kappa shape index (κ2) is 20.3. The number of benzene rings is 3. The molecule has 0 saturated carbocycles. The van der Waals surface area contributed by atoms with Crippen molar-refractivity contribution < 1.29 is 61.9 Å². The summed E-state index contributed by atoms with van der Waals surface area (Å²) in [6.45, 7) is 15.9. The number of aliphatic hydroxyl groups excluding tert-OH is 1. The van der Waals surface area contributed by atoms with Gasteiger partial charge in [0.1, 0.15) is 60.8 Å². The van der Waals surface area contributed by atoms with Crippen molar-refractivity contribution in [2.75, 3.05) is 66.0 Å². The molecule has 0 spiro atoms. The van der Waals surface area contributed by atoms with Crippen LogP contribution in [0.3, 0.4) is 0 Å². The Hall–Kier alpha value is -6.01. The average Bonchev–Trinajstić information content (AvgIpc) is 3.55. The minimum atomic E-state index is -1.95. The Kier molecular flexibility index (Phi) is 14.9. The zero-order valence-corrected chi connectivity index (χ0v) is 40.6. The SMILES string of the molecule is CC[C@H]1C(OC(C)=O)C(OC)C[C@H](C)CC(C)/C=C/C=C(/C)C(=O)Nc2c(=O)c3c(O)c(C)c4c(c3c3nc5c(=O)cc(OCC[N+]6(C)CCOCC6)cc5oc23)=C(O)[C@@](C)(O/C=C/[C@@H]1OC)O4. The Labute approximate surface area is 394 Å². The van der Waals surface area contributed by atoms with Crippen LogP contribution in [0.1, 0.15) is 66.4 Å². The van der Waals surface area contributed by atoms with Gasteiger partial charge in [-0.1, -0.05) is 39.0 Å². The number of ether oxygens (including phenoxy) is 7. The summed E-state index contributed by atoms with van der Waals surface area (Å²) in [6.07, 6.45) is 8.23. The normalized spacial score (nSPS) is 27.6. The number of carbonyl (C=O) groups is 2. The van der Waals surface area contributed by atoms with Gasteiger partial charge in [-0.2, -0.15) is 0 Å². The van der Waals surface area contributed by atoms with Gasteiger partial charge in [-0.05, 0) is 51.0 Å². The number of hydrogen-bond donors (Lipinski definition) is 3. The van der Waals surface area contributed by atoms with Crippen molar-refractivity contribution in [2.45, 2.75) is 91.8 Å². The van der Waals surface area contributed by atoms with E-state index in [1.807, 2.05) is 13.0 Å². The van der Waals surface area contributed by atoms with Gasteiger partial charge in [-0.15, -0.1) is 0 Å². The molecule has 0 aliphatic carbocycles. The first-order valence-electron chi connectivity index (χ1n) is 23.2. The highest BCUT2D eigenvalue weighted by atomic mass is 16.7. The second-order valence-corrected chi connectivity index (χ2v) is 18.7. The van der Waals surface area contributed by atoms with E-state index in [1.165, 1.54) is 46.3 Å². The monoisotopic (exact) mass is 942 g/mol. The topological polar surface area (TPSA) is 211 Å². The molecule has 7 rings (SSSR count). The maximum atomic E-state index is 14.9. The summed E-state index contributed by atoms with van der Waals surface area (Å²) < 4.78 is 49.3. The number of esters is 1. The molecule has 1 aromatic heterocycles. The molecule has 3 N–H and O–H groups in total. The predicted molar refractivity (Wildman–Crippen MR) is 256 cm³/mol. The van der Waals surface area contributed by atoms with Gasteiger partial charge in [-0.25, -0.2) is 4.98 Å². The number of allylic oxidation sites excluding steroid dienone is 3. The molecule has 1 fully saturated rings.